The molecule has 2 N–H and O–H groups in total. The number of ether oxygens (including phenoxy) is 1. The number of carbonyl (C=O) groups excluding carboxylic acids is 1. The van der Waals surface area contributed by atoms with Crippen molar-refractivity contribution in [2.45, 2.75) is 25.9 Å². The number of anilines is 1. The summed E-state index contributed by atoms with van der Waals surface area (Å²) in [6.07, 6.45) is 4.09. The molecule has 112 valence electrons. The van der Waals surface area contributed by atoms with E-state index in [9.17, 15) is 4.79 Å². The van der Waals surface area contributed by atoms with Gasteiger partial charge in [0.2, 0.25) is 0 Å². The Kier molecular flexibility index (Phi) is 4.10. The van der Waals surface area contributed by atoms with Gasteiger partial charge in [-0.15, -0.1) is 0 Å². The van der Waals surface area contributed by atoms with Crippen molar-refractivity contribution in [1.29, 1.82) is 0 Å². The maximum Gasteiger partial charge on any atom is 0.321 e. The second-order valence-corrected chi connectivity index (χ2v) is 5.38. The van der Waals surface area contributed by atoms with Crippen LogP contribution in [-0.4, -0.2) is 41.7 Å². The van der Waals surface area contributed by atoms with Crippen LogP contribution in [0.4, 0.5) is 10.5 Å². The van der Waals surface area contributed by atoms with Crippen molar-refractivity contribution >= 4 is 22.6 Å². The molecule has 2 amide bonds. The topological polar surface area (TPSA) is 57.4 Å². The number of piperidine rings is 1. The summed E-state index contributed by atoms with van der Waals surface area (Å²) in [5.41, 5.74) is 1.90. The number of carbonyl (C=O) groups is 1. The maximum atomic E-state index is 12.3. The van der Waals surface area contributed by atoms with Crippen LogP contribution < -0.4 is 5.32 Å². The summed E-state index contributed by atoms with van der Waals surface area (Å²) in [5.74, 6) is 0. The molecule has 1 aromatic heterocycles. The number of benzene rings is 1. The fourth-order valence-electron chi connectivity index (χ4n) is 2.83. The minimum atomic E-state index is -0.0470. The summed E-state index contributed by atoms with van der Waals surface area (Å²) in [6.45, 7) is 4.16. The van der Waals surface area contributed by atoms with Gasteiger partial charge < -0.3 is 19.9 Å². The molecule has 1 aromatic carbocycles. The number of amides is 2. The summed E-state index contributed by atoms with van der Waals surface area (Å²) < 4.78 is 5.63. The molecule has 1 saturated heterocycles. The number of hydrogen-bond donors (Lipinski definition) is 2. The molecule has 0 spiro atoms. The zero-order valence-electron chi connectivity index (χ0n) is 12.3. The first kappa shape index (κ1) is 13.9. The Hall–Kier alpha value is -2.01. The average molecular weight is 287 g/mol. The minimum Gasteiger partial charge on any atom is -0.377 e. The highest BCUT2D eigenvalue weighted by atomic mass is 16.5. The van der Waals surface area contributed by atoms with Crippen molar-refractivity contribution in [3.8, 4) is 0 Å². The van der Waals surface area contributed by atoms with E-state index in [4.69, 9.17) is 4.74 Å². The molecule has 5 heteroatoms. The van der Waals surface area contributed by atoms with Crippen LogP contribution in [0.5, 0.6) is 0 Å². The molecular weight excluding hydrogens is 266 g/mol. The minimum absolute atomic E-state index is 0.0470. The Labute approximate surface area is 124 Å². The van der Waals surface area contributed by atoms with E-state index < -0.39 is 0 Å². The number of rotatable bonds is 3. The van der Waals surface area contributed by atoms with Gasteiger partial charge in [-0.2, -0.15) is 0 Å². The van der Waals surface area contributed by atoms with Gasteiger partial charge in [0.15, 0.2) is 0 Å². The fourth-order valence-corrected chi connectivity index (χ4v) is 2.83. The van der Waals surface area contributed by atoms with E-state index in [0.717, 1.165) is 36.0 Å². The predicted molar refractivity (Wildman–Crippen MR) is 83.5 cm³/mol. The van der Waals surface area contributed by atoms with Crippen molar-refractivity contribution in [2.75, 3.05) is 25.0 Å². The first-order valence-electron chi connectivity index (χ1n) is 7.51. The molecule has 0 aliphatic carbocycles. The highest BCUT2D eigenvalue weighted by Crippen LogP contribution is 2.19. The van der Waals surface area contributed by atoms with E-state index in [2.05, 4.69) is 10.3 Å². The van der Waals surface area contributed by atoms with Crippen molar-refractivity contribution in [2.24, 2.45) is 0 Å². The quantitative estimate of drug-likeness (QED) is 0.910. The van der Waals surface area contributed by atoms with Gasteiger partial charge in [-0.25, -0.2) is 4.79 Å². The van der Waals surface area contributed by atoms with Gasteiger partial charge in [0, 0.05) is 42.5 Å². The highest BCUT2D eigenvalue weighted by molar-refractivity contribution is 5.92. The normalized spacial score (nSPS) is 18.9. The van der Waals surface area contributed by atoms with Gasteiger partial charge in [0.1, 0.15) is 0 Å². The van der Waals surface area contributed by atoms with Gasteiger partial charge in [0.25, 0.3) is 0 Å². The molecular formula is C16H21N3O2. The number of fused-ring (bicyclic) bond motifs is 1. The maximum absolute atomic E-state index is 12.3. The standard InChI is InChI=1S/C16H21N3O2/c1-2-21-14-4-3-9-19(11-14)16(20)18-13-5-6-15-12(10-13)7-8-17-15/h5-8,10,14,17H,2-4,9,11H2,1H3,(H,18,20)/t14-/m1/s1. The first-order chi connectivity index (χ1) is 10.3. The lowest BCUT2D eigenvalue weighted by atomic mass is 10.1. The molecule has 0 unspecified atom stereocenters. The van der Waals surface area contributed by atoms with Gasteiger partial charge in [-0.3, -0.25) is 0 Å². The number of nitrogens with one attached hydrogen (secondary N) is 2. The second kappa shape index (κ2) is 6.18. The number of aromatic amines is 1. The molecule has 2 aromatic rings. The Morgan fingerprint density at radius 3 is 3.24 bits per heavy atom. The zero-order chi connectivity index (χ0) is 14.7. The second-order valence-electron chi connectivity index (χ2n) is 5.38. The van der Waals surface area contributed by atoms with E-state index in [1.165, 1.54) is 0 Å². The number of nitrogens with zero attached hydrogens (tertiary/aromatic N) is 1. The number of aromatic nitrogens is 1. The van der Waals surface area contributed by atoms with E-state index in [1.54, 1.807) is 0 Å². The van der Waals surface area contributed by atoms with Crippen molar-refractivity contribution in [3.05, 3.63) is 30.5 Å². The lowest BCUT2D eigenvalue weighted by molar-refractivity contribution is 0.0181. The van der Waals surface area contributed by atoms with Gasteiger partial charge in [-0.05, 0) is 44.0 Å². The van der Waals surface area contributed by atoms with Crippen LogP contribution in [0.3, 0.4) is 0 Å². The SMILES string of the molecule is CCO[C@@H]1CCCN(C(=O)Nc2ccc3[nH]ccc3c2)C1. The number of H-pyrrole nitrogens is 1. The van der Waals surface area contributed by atoms with E-state index >= 15 is 0 Å². The molecule has 1 aliphatic rings. The Morgan fingerprint density at radius 2 is 2.38 bits per heavy atom. The number of hydrogen-bond acceptors (Lipinski definition) is 2. The number of likely N-dealkylation sites (tertiary alicyclic amines) is 1. The van der Waals surface area contributed by atoms with Crippen LogP contribution >= 0.6 is 0 Å². The van der Waals surface area contributed by atoms with Gasteiger partial charge in [0.05, 0.1) is 6.10 Å². The monoisotopic (exact) mass is 287 g/mol. The molecule has 1 atom stereocenters. The van der Waals surface area contributed by atoms with Crippen LogP contribution in [0.2, 0.25) is 0 Å². The smallest absolute Gasteiger partial charge is 0.321 e. The van der Waals surface area contributed by atoms with Crippen LogP contribution in [0.15, 0.2) is 30.5 Å². The third-order valence-electron chi connectivity index (χ3n) is 3.87. The molecule has 5 nitrogen and oxygen atoms in total. The van der Waals surface area contributed by atoms with Crippen molar-refractivity contribution in [3.63, 3.8) is 0 Å². The lowest BCUT2D eigenvalue weighted by Crippen LogP contribution is -2.45. The molecule has 1 fully saturated rings. The van der Waals surface area contributed by atoms with Gasteiger partial charge in [-0.1, -0.05) is 0 Å². The third kappa shape index (κ3) is 3.19. The van der Waals surface area contributed by atoms with Crippen molar-refractivity contribution in [1.82, 2.24) is 9.88 Å². The fraction of sp³-hybridized carbons (Fsp3) is 0.438. The summed E-state index contributed by atoms with van der Waals surface area (Å²) >= 11 is 0. The average Bonchev–Trinajstić information content (AvgIpc) is 2.95. The molecule has 1 aliphatic heterocycles. The van der Waals surface area contributed by atoms with E-state index in [-0.39, 0.29) is 12.1 Å². The molecule has 3 rings (SSSR count). The molecule has 0 bridgehead atoms. The van der Waals surface area contributed by atoms with Crippen LogP contribution in [-0.2, 0) is 4.74 Å². The highest BCUT2D eigenvalue weighted by Gasteiger charge is 2.23. The Bertz CT molecular complexity index is 621. The van der Waals surface area contributed by atoms with Crippen LogP contribution in [0.25, 0.3) is 10.9 Å². The van der Waals surface area contributed by atoms with Crippen LogP contribution in [0.1, 0.15) is 19.8 Å². The van der Waals surface area contributed by atoms with E-state index in [0.29, 0.717) is 13.2 Å². The predicted octanol–water partition coefficient (Wildman–Crippen LogP) is 3.20. The van der Waals surface area contributed by atoms with Crippen molar-refractivity contribution < 1.29 is 9.53 Å². The van der Waals surface area contributed by atoms with Gasteiger partial charge >= 0.3 is 6.03 Å². The largest absolute Gasteiger partial charge is 0.377 e. The molecule has 0 saturated carbocycles. The third-order valence-corrected chi connectivity index (χ3v) is 3.87. The Balaban J connectivity index is 1.64. The zero-order valence-corrected chi connectivity index (χ0v) is 12.3. The summed E-state index contributed by atoms with van der Waals surface area (Å²) in [5, 5.41) is 4.07. The van der Waals surface area contributed by atoms with Crippen LogP contribution in [0, 0.1) is 0 Å². The first-order valence-corrected chi connectivity index (χ1v) is 7.51. The molecule has 0 radical (unpaired) electrons. The molecule has 21 heavy (non-hydrogen) atoms. The molecule has 2 heterocycles. The lowest BCUT2D eigenvalue weighted by Gasteiger charge is -2.32. The Morgan fingerprint density at radius 1 is 1.48 bits per heavy atom. The summed E-state index contributed by atoms with van der Waals surface area (Å²) in [4.78, 5) is 17.3. The summed E-state index contributed by atoms with van der Waals surface area (Å²) in [7, 11) is 0. The van der Waals surface area contributed by atoms with E-state index in [1.807, 2.05) is 42.3 Å². The summed E-state index contributed by atoms with van der Waals surface area (Å²) in [6, 6.07) is 7.82. The number of urea groups is 1.